The molecule has 0 spiro atoms. The number of halogens is 1. The highest BCUT2D eigenvalue weighted by Crippen LogP contribution is 2.26. The van der Waals surface area contributed by atoms with E-state index in [1.54, 1.807) is 32.9 Å². The first-order valence-corrected chi connectivity index (χ1v) is 7.30. The minimum atomic E-state index is -1.80. The number of aryl methyl sites for hydroxylation is 1. The molecule has 0 atom stereocenters. The minimum Gasteiger partial charge on any atom is -0.443 e. The van der Waals surface area contributed by atoms with E-state index in [1.165, 1.54) is 6.07 Å². The van der Waals surface area contributed by atoms with Gasteiger partial charge < -0.3 is 14.8 Å². The van der Waals surface area contributed by atoms with E-state index in [9.17, 15) is 14.8 Å². The Kier molecular flexibility index (Phi) is 6.34. The Morgan fingerprint density at radius 3 is 2.25 bits per heavy atom. The first-order chi connectivity index (χ1) is 11.0. The Morgan fingerprint density at radius 1 is 1.25 bits per heavy atom. The van der Waals surface area contributed by atoms with Gasteiger partial charge in [-0.15, -0.1) is 0 Å². The number of aromatic nitrogens is 1. The van der Waals surface area contributed by atoms with Gasteiger partial charge >= 0.3 is 19.4 Å². The summed E-state index contributed by atoms with van der Waals surface area (Å²) in [5.74, 6) is 0. The van der Waals surface area contributed by atoms with E-state index in [0.717, 1.165) is 10.1 Å². The smallest absolute Gasteiger partial charge is 0.443 e. The lowest BCUT2D eigenvalue weighted by molar-refractivity contribution is -0.191. The van der Waals surface area contributed by atoms with E-state index in [4.69, 9.17) is 25.9 Å². The van der Waals surface area contributed by atoms with Crippen molar-refractivity contribution in [1.82, 2.24) is 4.57 Å². The monoisotopic (exact) mass is 353 g/mol. The molecule has 2 rings (SSSR count). The molecule has 0 aliphatic heterocycles. The summed E-state index contributed by atoms with van der Waals surface area (Å²) in [7, 11) is -1.80. The van der Waals surface area contributed by atoms with Gasteiger partial charge in [-0.3, -0.25) is 4.57 Å². The number of benzene rings is 1. The standard InChI is InChI=1S/C14H17BClNO4.CO2/c1-8-5-10(16)9-7-12(15(19)20)17(11(9)6-8)13(18)21-14(2,3)4;2-1-3/h5-7,19-20H,1-4H3;. The lowest BCUT2D eigenvalue weighted by Crippen LogP contribution is -2.41. The van der Waals surface area contributed by atoms with E-state index >= 15 is 0 Å². The molecule has 0 unspecified atom stereocenters. The largest absolute Gasteiger partial charge is 0.506 e. The van der Waals surface area contributed by atoms with Crippen molar-refractivity contribution in [2.24, 2.45) is 0 Å². The van der Waals surface area contributed by atoms with Crippen molar-refractivity contribution in [3.8, 4) is 0 Å². The summed E-state index contributed by atoms with van der Waals surface area (Å²) in [5, 5.41) is 20.0. The molecule has 0 fully saturated rings. The summed E-state index contributed by atoms with van der Waals surface area (Å²) >= 11 is 6.16. The van der Waals surface area contributed by atoms with Crippen LogP contribution in [0.5, 0.6) is 0 Å². The molecule has 1 heterocycles. The highest BCUT2D eigenvalue weighted by atomic mass is 35.5. The molecule has 0 radical (unpaired) electrons. The molecule has 2 N–H and O–H groups in total. The fourth-order valence-corrected chi connectivity index (χ4v) is 2.44. The van der Waals surface area contributed by atoms with Gasteiger partial charge in [0.25, 0.3) is 0 Å². The summed E-state index contributed by atoms with van der Waals surface area (Å²) in [6.07, 6.45) is -0.428. The van der Waals surface area contributed by atoms with Gasteiger partial charge in [0.15, 0.2) is 0 Å². The van der Waals surface area contributed by atoms with Crippen LogP contribution < -0.4 is 5.59 Å². The second-order valence-electron chi connectivity index (χ2n) is 6.02. The third-order valence-electron chi connectivity index (χ3n) is 2.88. The van der Waals surface area contributed by atoms with Gasteiger partial charge in [0.2, 0.25) is 0 Å². The van der Waals surface area contributed by atoms with E-state index in [2.05, 4.69) is 0 Å². The maximum absolute atomic E-state index is 12.4. The highest BCUT2D eigenvalue weighted by molar-refractivity contribution is 6.59. The summed E-state index contributed by atoms with van der Waals surface area (Å²) in [6.45, 7) is 7.06. The molecular weight excluding hydrogens is 336 g/mol. The molecule has 0 saturated heterocycles. The van der Waals surface area contributed by atoms with Crippen LogP contribution in [-0.2, 0) is 14.3 Å². The van der Waals surface area contributed by atoms with Crippen LogP contribution in [0.2, 0.25) is 5.02 Å². The van der Waals surface area contributed by atoms with Crippen LogP contribution in [0, 0.1) is 6.92 Å². The van der Waals surface area contributed by atoms with E-state index < -0.39 is 18.8 Å². The summed E-state index contributed by atoms with van der Waals surface area (Å²) in [6, 6.07) is 4.97. The predicted octanol–water partition coefficient (Wildman–Crippen LogP) is 1.48. The maximum Gasteiger partial charge on any atom is 0.506 e. The molecule has 1 aromatic heterocycles. The highest BCUT2D eigenvalue weighted by Gasteiger charge is 2.27. The lowest BCUT2D eigenvalue weighted by atomic mass is 9.86. The molecular formula is C15H17BClNO6. The SMILES string of the molecule is Cc1cc(Cl)c2cc(B(O)O)n(C(=O)OC(C)(C)C)c2c1.O=C=O. The zero-order valence-corrected chi connectivity index (χ0v) is 14.4. The van der Waals surface area contributed by atoms with E-state index in [1.807, 2.05) is 6.92 Å². The Bertz CT molecular complexity index is 787. The second-order valence-corrected chi connectivity index (χ2v) is 6.43. The van der Waals surface area contributed by atoms with Crippen molar-refractivity contribution in [3.63, 3.8) is 0 Å². The van der Waals surface area contributed by atoms with Crippen LogP contribution in [0.15, 0.2) is 18.2 Å². The molecule has 0 saturated carbocycles. The van der Waals surface area contributed by atoms with Crippen molar-refractivity contribution in [2.75, 3.05) is 0 Å². The van der Waals surface area contributed by atoms with Crippen molar-refractivity contribution in [3.05, 3.63) is 28.8 Å². The number of hydrogen-bond donors (Lipinski definition) is 2. The van der Waals surface area contributed by atoms with E-state index in [0.29, 0.717) is 15.9 Å². The molecule has 0 amide bonds. The number of carbonyl (C=O) groups excluding carboxylic acids is 3. The van der Waals surface area contributed by atoms with Gasteiger partial charge in [0.1, 0.15) is 5.60 Å². The third kappa shape index (κ3) is 4.69. The van der Waals surface area contributed by atoms with Crippen LogP contribution in [-0.4, -0.2) is 39.6 Å². The molecule has 1 aromatic carbocycles. The van der Waals surface area contributed by atoms with Crippen molar-refractivity contribution in [2.45, 2.75) is 33.3 Å². The van der Waals surface area contributed by atoms with Gasteiger partial charge in [-0.2, -0.15) is 9.59 Å². The molecule has 128 valence electrons. The van der Waals surface area contributed by atoms with Gasteiger partial charge in [0, 0.05) is 5.39 Å². The maximum atomic E-state index is 12.4. The summed E-state index contributed by atoms with van der Waals surface area (Å²) in [4.78, 5) is 28.6. The first-order valence-electron chi connectivity index (χ1n) is 6.92. The zero-order chi connectivity index (χ0) is 18.7. The Labute approximate surface area is 143 Å². The molecule has 7 nitrogen and oxygen atoms in total. The van der Waals surface area contributed by atoms with Gasteiger partial charge in [-0.05, 0) is 51.5 Å². The van der Waals surface area contributed by atoms with Crippen LogP contribution in [0.4, 0.5) is 4.79 Å². The van der Waals surface area contributed by atoms with Crippen LogP contribution in [0.1, 0.15) is 26.3 Å². The van der Waals surface area contributed by atoms with Gasteiger partial charge in [-0.25, -0.2) is 4.79 Å². The van der Waals surface area contributed by atoms with Crippen molar-refractivity contribution in [1.29, 1.82) is 0 Å². The Balaban J connectivity index is 0.000000891. The summed E-state index contributed by atoms with van der Waals surface area (Å²) < 4.78 is 6.46. The van der Waals surface area contributed by atoms with Crippen molar-refractivity contribution >= 4 is 47.5 Å². The number of carbonyl (C=O) groups is 1. The van der Waals surface area contributed by atoms with Crippen molar-refractivity contribution < 1.29 is 29.2 Å². The molecule has 24 heavy (non-hydrogen) atoms. The van der Waals surface area contributed by atoms with Crippen LogP contribution >= 0.6 is 11.6 Å². The topological polar surface area (TPSA) is 106 Å². The molecule has 0 aliphatic carbocycles. The Morgan fingerprint density at radius 2 is 1.79 bits per heavy atom. The quantitative estimate of drug-likeness (QED) is 0.752. The van der Waals surface area contributed by atoms with E-state index in [-0.39, 0.29) is 11.7 Å². The number of ether oxygens (including phenoxy) is 1. The Hall–Kier alpha value is -2.12. The van der Waals surface area contributed by atoms with Crippen LogP contribution in [0.25, 0.3) is 10.9 Å². The first kappa shape index (κ1) is 19.9. The number of nitrogens with zero attached hydrogens (tertiary/aromatic N) is 1. The zero-order valence-electron chi connectivity index (χ0n) is 13.7. The van der Waals surface area contributed by atoms with Gasteiger partial charge in [0.05, 0.1) is 16.1 Å². The number of fused-ring (bicyclic) bond motifs is 1. The number of rotatable bonds is 1. The number of hydrogen-bond acceptors (Lipinski definition) is 6. The second kappa shape index (κ2) is 7.64. The summed E-state index contributed by atoms with van der Waals surface area (Å²) in [5.41, 5.74) is 0.664. The normalized spacial score (nSPS) is 10.6. The minimum absolute atomic E-state index is 0.0201. The molecule has 0 bridgehead atoms. The predicted molar refractivity (Wildman–Crippen MR) is 88.1 cm³/mol. The molecule has 2 aromatic rings. The molecule has 0 aliphatic rings. The third-order valence-corrected chi connectivity index (χ3v) is 3.20. The average Bonchev–Trinajstić information content (AvgIpc) is 2.77. The average molecular weight is 354 g/mol. The van der Waals surface area contributed by atoms with Crippen LogP contribution in [0.3, 0.4) is 0 Å². The fourth-order valence-electron chi connectivity index (χ4n) is 2.12. The fraction of sp³-hybridized carbons (Fsp3) is 0.333. The van der Waals surface area contributed by atoms with Gasteiger partial charge in [-0.1, -0.05) is 11.6 Å². The lowest BCUT2D eigenvalue weighted by Gasteiger charge is -2.21. The molecule has 9 heteroatoms.